The average Bonchev–Trinajstić information content (AvgIpc) is 3.55. The topological polar surface area (TPSA) is 30.1 Å². The molecule has 7 heteroatoms. The molecule has 44 heavy (non-hydrogen) atoms. The Labute approximate surface area is 260 Å². The van der Waals surface area contributed by atoms with Crippen LogP contribution in [0.1, 0.15) is 12.8 Å². The first-order valence-corrected chi connectivity index (χ1v) is 15.6. The van der Waals surface area contributed by atoms with E-state index in [4.69, 9.17) is 0 Å². The zero-order valence-corrected chi connectivity index (χ0v) is 26.0. The zero-order chi connectivity index (χ0) is 30.3. The first-order valence-electron chi connectivity index (χ1n) is 15.6. The van der Waals surface area contributed by atoms with Gasteiger partial charge in [0.25, 0.3) is 0 Å². The number of phenolic OH excluding ortho intramolecular Hbond substituents is 1. The van der Waals surface area contributed by atoms with Crippen LogP contribution in [0.3, 0.4) is 0 Å². The van der Waals surface area contributed by atoms with E-state index in [0.29, 0.717) is 5.75 Å². The summed E-state index contributed by atoms with van der Waals surface area (Å²) in [5.41, 5.74) is 13.4. The van der Waals surface area contributed by atoms with Crippen molar-refractivity contribution in [1.82, 2.24) is 9.13 Å². The van der Waals surface area contributed by atoms with Crippen LogP contribution in [0.4, 0.5) is 0 Å². The number of hydrogen-bond donors (Lipinski definition) is 1. The normalized spacial score (nSPS) is 12.8. The van der Waals surface area contributed by atoms with Gasteiger partial charge >= 0.3 is 0 Å². The van der Waals surface area contributed by atoms with Crippen LogP contribution in [-0.4, -0.2) is 45.6 Å². The maximum Gasteiger partial charge on any atom is 0.143 e. The fraction of sp³-hybridized carbons (Fsp3) is 0.0811. The van der Waals surface area contributed by atoms with Crippen molar-refractivity contribution in [2.75, 3.05) is 0 Å². The number of aromatic nitrogens is 2. The van der Waals surface area contributed by atoms with Gasteiger partial charge in [0.15, 0.2) is 0 Å². The van der Waals surface area contributed by atoms with Crippen LogP contribution >= 0.6 is 0 Å². The van der Waals surface area contributed by atoms with E-state index in [1.165, 1.54) is 48.7 Å². The maximum absolute atomic E-state index is 11.5. The zero-order valence-electron chi connectivity index (χ0n) is 26.0. The Hall–Kier alpha value is -4.76. The second-order valence-corrected chi connectivity index (χ2v) is 12.4. The Balaban J connectivity index is 1.57. The molecule has 1 N–H and O–H groups in total. The predicted octanol–water partition coefficient (Wildman–Crippen LogP) is 0.703. The first kappa shape index (κ1) is 26.8. The molecule has 0 atom stereocenters. The van der Waals surface area contributed by atoms with Crippen LogP contribution in [0.5, 0.6) is 5.75 Å². The molecular formula is C37H32B4N2O. The summed E-state index contributed by atoms with van der Waals surface area (Å²) in [6.45, 7) is 0. The predicted molar refractivity (Wildman–Crippen MR) is 200 cm³/mol. The van der Waals surface area contributed by atoms with Crippen molar-refractivity contribution in [2.24, 2.45) is 7.05 Å². The second-order valence-electron chi connectivity index (χ2n) is 12.4. The number of para-hydroxylation sites is 1. The van der Waals surface area contributed by atoms with Gasteiger partial charge < -0.3 is 14.2 Å². The van der Waals surface area contributed by atoms with Crippen molar-refractivity contribution in [3.8, 4) is 33.7 Å². The summed E-state index contributed by atoms with van der Waals surface area (Å²) in [5.74, 6) is 0.370. The smallest absolute Gasteiger partial charge is 0.143 e. The van der Waals surface area contributed by atoms with Gasteiger partial charge in [0.1, 0.15) is 37.1 Å². The number of benzene rings is 5. The molecule has 3 nitrogen and oxygen atoms in total. The lowest BCUT2D eigenvalue weighted by Gasteiger charge is -2.21. The highest BCUT2D eigenvalue weighted by Crippen LogP contribution is 2.40. The summed E-state index contributed by atoms with van der Waals surface area (Å²) in [4.78, 5) is 0. The molecule has 0 aliphatic heterocycles. The molecule has 8 rings (SSSR count). The van der Waals surface area contributed by atoms with E-state index in [9.17, 15) is 5.11 Å². The number of fused-ring (bicyclic) bond motifs is 7. The lowest BCUT2D eigenvalue weighted by Crippen LogP contribution is -2.48. The molecule has 0 radical (unpaired) electrons. The van der Waals surface area contributed by atoms with E-state index in [1.807, 2.05) is 7.85 Å². The molecule has 0 bridgehead atoms. The highest BCUT2D eigenvalue weighted by Gasteiger charge is 2.22. The molecule has 0 spiro atoms. The Kier molecular flexibility index (Phi) is 6.03. The molecule has 2 heterocycles. The summed E-state index contributed by atoms with van der Waals surface area (Å²) in [5, 5.41) is 18.0. The van der Waals surface area contributed by atoms with Crippen LogP contribution < -0.4 is 32.4 Å². The Morgan fingerprint density at radius 3 is 2.16 bits per heavy atom. The third-order valence-electron chi connectivity index (χ3n) is 10.2. The molecule has 0 unspecified atom stereocenters. The molecule has 7 aromatic rings. The standard InChI is InChI=1S/C37H32B4N2O/c1-42-27-13-7-5-11-23(27)25-17-18-26-24-12-6-8-14-28(24)43(36(26)35(25)42)29-19-21(15-16-22(29)20-9-3-2-4-10-20)30-31(38)32(39)33(40)34(41)37(30)44/h2-4,6,8-19,44H,5,7,38-41H2,1H3. The van der Waals surface area contributed by atoms with Gasteiger partial charge in [-0.2, -0.15) is 0 Å². The minimum absolute atomic E-state index is 0.370. The lowest BCUT2D eigenvalue weighted by molar-refractivity contribution is 0.482. The number of aromatic hydroxyl groups is 1. The Morgan fingerprint density at radius 1 is 0.636 bits per heavy atom. The van der Waals surface area contributed by atoms with E-state index in [-0.39, 0.29) is 0 Å². The Bertz CT molecular complexity index is 2430. The van der Waals surface area contributed by atoms with E-state index in [0.717, 1.165) is 57.2 Å². The monoisotopic (exact) mass is 564 g/mol. The molecule has 2 aromatic heterocycles. The molecule has 0 fully saturated rings. The highest BCUT2D eigenvalue weighted by atomic mass is 16.3. The lowest BCUT2D eigenvalue weighted by atomic mass is 9.64. The van der Waals surface area contributed by atoms with Gasteiger partial charge in [-0.3, -0.25) is 0 Å². The first-order chi connectivity index (χ1) is 21.4. The fourth-order valence-electron chi connectivity index (χ4n) is 7.58. The highest BCUT2D eigenvalue weighted by molar-refractivity contribution is 6.64. The van der Waals surface area contributed by atoms with E-state index in [2.05, 4.69) is 137 Å². The number of hydrogen-bond acceptors (Lipinski definition) is 1. The van der Waals surface area contributed by atoms with Gasteiger partial charge in [0, 0.05) is 44.9 Å². The number of nitrogens with zero attached hydrogens (tertiary/aromatic N) is 2. The summed E-state index contributed by atoms with van der Waals surface area (Å²) in [6.07, 6.45) is 6.94. The van der Waals surface area contributed by atoms with Crippen molar-refractivity contribution in [3.05, 3.63) is 95.5 Å². The molecule has 208 valence electrons. The number of rotatable bonds is 3. The fourth-order valence-corrected chi connectivity index (χ4v) is 7.58. The SMILES string of the molecule is Bc1c(B)c(B)c(-c2ccc(-c3ccccc3)c(-n3c4ccccc4c4ccc5c6c(n(C)c5c43)=CCCC=6)c2)c(O)c1B. The minimum Gasteiger partial charge on any atom is -0.508 e. The molecule has 0 saturated carbocycles. The molecule has 5 aromatic carbocycles. The molecular weight excluding hydrogens is 532 g/mol. The van der Waals surface area contributed by atoms with Crippen molar-refractivity contribution in [1.29, 1.82) is 0 Å². The number of aryl methyl sites for hydroxylation is 1. The van der Waals surface area contributed by atoms with Crippen LogP contribution in [0.25, 0.3) is 72.8 Å². The summed E-state index contributed by atoms with van der Waals surface area (Å²) < 4.78 is 4.87. The van der Waals surface area contributed by atoms with Crippen molar-refractivity contribution in [2.45, 2.75) is 12.8 Å². The summed E-state index contributed by atoms with van der Waals surface area (Å²) >= 11 is 0. The Morgan fingerprint density at radius 2 is 1.34 bits per heavy atom. The summed E-state index contributed by atoms with van der Waals surface area (Å²) in [6, 6.07) is 30.8. The average molecular weight is 564 g/mol. The van der Waals surface area contributed by atoms with E-state index < -0.39 is 0 Å². The number of phenols is 1. The van der Waals surface area contributed by atoms with Crippen LogP contribution in [-0.2, 0) is 7.05 Å². The molecule has 0 saturated heterocycles. The van der Waals surface area contributed by atoms with Gasteiger partial charge in [-0.1, -0.05) is 101 Å². The van der Waals surface area contributed by atoms with Crippen molar-refractivity contribution >= 4 is 98.1 Å². The quantitative estimate of drug-likeness (QED) is 0.316. The third-order valence-corrected chi connectivity index (χ3v) is 10.2. The van der Waals surface area contributed by atoms with Crippen molar-refractivity contribution in [3.63, 3.8) is 0 Å². The van der Waals surface area contributed by atoms with Gasteiger partial charge in [0.05, 0.1) is 22.2 Å². The maximum atomic E-state index is 11.5. The minimum atomic E-state index is 0.370. The van der Waals surface area contributed by atoms with Crippen LogP contribution in [0, 0.1) is 0 Å². The van der Waals surface area contributed by atoms with Gasteiger partial charge in [0.2, 0.25) is 0 Å². The third kappa shape index (κ3) is 3.68. The van der Waals surface area contributed by atoms with E-state index >= 15 is 0 Å². The van der Waals surface area contributed by atoms with E-state index in [1.54, 1.807) is 0 Å². The van der Waals surface area contributed by atoms with Crippen LogP contribution in [0.15, 0.2) is 84.9 Å². The van der Waals surface area contributed by atoms with Crippen LogP contribution in [0.2, 0.25) is 0 Å². The second kappa shape index (κ2) is 9.89. The molecule has 1 aliphatic carbocycles. The summed E-state index contributed by atoms with van der Waals surface area (Å²) in [7, 11) is 10.6. The van der Waals surface area contributed by atoms with Gasteiger partial charge in [-0.25, -0.2) is 0 Å². The molecule has 0 amide bonds. The van der Waals surface area contributed by atoms with Crippen molar-refractivity contribution < 1.29 is 5.11 Å². The van der Waals surface area contributed by atoms with Gasteiger partial charge in [-0.15, -0.1) is 5.46 Å². The molecule has 1 aliphatic rings. The van der Waals surface area contributed by atoms with Gasteiger partial charge in [-0.05, 0) is 36.1 Å². The largest absolute Gasteiger partial charge is 0.508 e.